The summed E-state index contributed by atoms with van der Waals surface area (Å²) in [4.78, 5) is 2.10. The topological polar surface area (TPSA) is 3.24 Å². The third kappa shape index (κ3) is 3.86. The Kier molecular flexibility index (Phi) is 4.42. The largest absolute Gasteiger partial charge is 0.351 e. The number of rotatable bonds is 4. The van der Waals surface area contributed by atoms with Crippen molar-refractivity contribution in [2.75, 3.05) is 11.9 Å². The lowest BCUT2D eigenvalue weighted by molar-refractivity contribution is 1.18. The lowest BCUT2D eigenvalue weighted by atomic mass is 10.2. The standard InChI is InChI=1S/C14H17N/c1-4-5-9-13(2)12-15(3)14-10-7-6-8-11-14/h4-12H,1H2,2-3H3/b9-5-,13-12-. The Morgan fingerprint density at radius 3 is 2.53 bits per heavy atom. The Morgan fingerprint density at radius 1 is 1.27 bits per heavy atom. The van der Waals surface area contributed by atoms with Gasteiger partial charge in [0.15, 0.2) is 0 Å². The van der Waals surface area contributed by atoms with Crippen LogP contribution in [-0.2, 0) is 0 Å². The summed E-state index contributed by atoms with van der Waals surface area (Å²) in [6, 6.07) is 10.3. The summed E-state index contributed by atoms with van der Waals surface area (Å²) < 4.78 is 0. The van der Waals surface area contributed by atoms with Crippen molar-refractivity contribution in [1.29, 1.82) is 0 Å². The predicted molar refractivity (Wildman–Crippen MR) is 67.9 cm³/mol. The maximum Gasteiger partial charge on any atom is 0.0403 e. The molecule has 0 amide bonds. The van der Waals surface area contributed by atoms with Crippen molar-refractivity contribution >= 4 is 5.69 Å². The molecule has 0 heterocycles. The summed E-state index contributed by atoms with van der Waals surface area (Å²) in [6.07, 6.45) is 7.84. The number of hydrogen-bond donors (Lipinski definition) is 0. The third-order valence-corrected chi connectivity index (χ3v) is 2.06. The zero-order valence-electron chi connectivity index (χ0n) is 9.35. The van der Waals surface area contributed by atoms with Crippen molar-refractivity contribution < 1.29 is 0 Å². The normalized spacial score (nSPS) is 11.7. The van der Waals surface area contributed by atoms with E-state index >= 15 is 0 Å². The Morgan fingerprint density at radius 2 is 1.93 bits per heavy atom. The first-order chi connectivity index (χ1) is 7.24. The van der Waals surface area contributed by atoms with Crippen LogP contribution in [0, 0.1) is 0 Å². The van der Waals surface area contributed by atoms with Gasteiger partial charge in [0, 0.05) is 18.9 Å². The fourth-order valence-corrected chi connectivity index (χ4v) is 1.31. The van der Waals surface area contributed by atoms with Gasteiger partial charge in [0.2, 0.25) is 0 Å². The molecule has 0 atom stereocenters. The second-order valence-electron chi connectivity index (χ2n) is 3.41. The number of nitrogens with zero attached hydrogens (tertiary/aromatic N) is 1. The van der Waals surface area contributed by atoms with Gasteiger partial charge in [0.25, 0.3) is 0 Å². The smallest absolute Gasteiger partial charge is 0.0403 e. The molecule has 0 saturated carbocycles. The van der Waals surface area contributed by atoms with E-state index in [-0.39, 0.29) is 0 Å². The van der Waals surface area contributed by atoms with Crippen LogP contribution in [-0.4, -0.2) is 7.05 Å². The minimum atomic E-state index is 1.18. The molecule has 1 aromatic carbocycles. The SMILES string of the molecule is C=C/C=C\C(C)=C/N(C)c1ccccc1. The van der Waals surface area contributed by atoms with Crippen LogP contribution in [0.2, 0.25) is 0 Å². The van der Waals surface area contributed by atoms with Gasteiger partial charge in [0.05, 0.1) is 0 Å². The van der Waals surface area contributed by atoms with Gasteiger partial charge in [-0.2, -0.15) is 0 Å². The van der Waals surface area contributed by atoms with E-state index < -0.39 is 0 Å². The van der Waals surface area contributed by atoms with Gasteiger partial charge in [-0.3, -0.25) is 0 Å². The van der Waals surface area contributed by atoms with Crippen molar-refractivity contribution in [2.24, 2.45) is 0 Å². The Bertz CT molecular complexity index is 360. The molecular formula is C14H17N. The second-order valence-corrected chi connectivity index (χ2v) is 3.41. The van der Waals surface area contributed by atoms with Gasteiger partial charge < -0.3 is 4.90 Å². The highest BCUT2D eigenvalue weighted by Crippen LogP contribution is 2.12. The molecule has 15 heavy (non-hydrogen) atoms. The monoisotopic (exact) mass is 199 g/mol. The van der Waals surface area contributed by atoms with Crippen molar-refractivity contribution in [2.45, 2.75) is 6.92 Å². The van der Waals surface area contributed by atoms with Gasteiger partial charge >= 0.3 is 0 Å². The lowest BCUT2D eigenvalue weighted by Gasteiger charge is -2.14. The minimum absolute atomic E-state index is 1.18. The first kappa shape index (κ1) is 11.3. The predicted octanol–water partition coefficient (Wildman–Crippen LogP) is 3.77. The Hall–Kier alpha value is -1.76. The molecule has 0 spiro atoms. The van der Waals surface area contributed by atoms with Gasteiger partial charge in [-0.15, -0.1) is 0 Å². The number of anilines is 1. The maximum absolute atomic E-state index is 3.64. The van der Waals surface area contributed by atoms with Crippen LogP contribution in [0.15, 0.2) is 66.9 Å². The summed E-state index contributed by atoms with van der Waals surface area (Å²) in [6.45, 7) is 5.71. The summed E-state index contributed by atoms with van der Waals surface area (Å²) in [5, 5.41) is 0. The molecule has 0 fully saturated rings. The molecule has 0 aliphatic carbocycles. The van der Waals surface area contributed by atoms with Crippen molar-refractivity contribution in [3.8, 4) is 0 Å². The number of para-hydroxylation sites is 1. The highest BCUT2D eigenvalue weighted by atomic mass is 15.1. The average molecular weight is 199 g/mol. The Labute approximate surface area is 92.0 Å². The number of hydrogen-bond acceptors (Lipinski definition) is 1. The minimum Gasteiger partial charge on any atom is -0.351 e. The zero-order chi connectivity index (χ0) is 11.1. The van der Waals surface area contributed by atoms with E-state index in [4.69, 9.17) is 0 Å². The molecule has 1 rings (SSSR count). The molecular weight excluding hydrogens is 182 g/mol. The van der Waals surface area contributed by atoms with E-state index in [0.29, 0.717) is 0 Å². The van der Waals surface area contributed by atoms with Crippen LogP contribution >= 0.6 is 0 Å². The van der Waals surface area contributed by atoms with E-state index in [0.717, 1.165) is 0 Å². The molecule has 0 saturated heterocycles. The van der Waals surface area contributed by atoms with Crippen LogP contribution in [0.1, 0.15) is 6.92 Å². The molecule has 1 nitrogen and oxygen atoms in total. The van der Waals surface area contributed by atoms with E-state index in [1.807, 2.05) is 37.4 Å². The molecule has 0 aliphatic rings. The van der Waals surface area contributed by atoms with Gasteiger partial charge in [-0.1, -0.05) is 43.0 Å². The second kappa shape index (κ2) is 5.86. The van der Waals surface area contributed by atoms with Gasteiger partial charge in [0.1, 0.15) is 0 Å². The highest BCUT2D eigenvalue weighted by molar-refractivity contribution is 5.48. The van der Waals surface area contributed by atoms with E-state index in [9.17, 15) is 0 Å². The molecule has 0 radical (unpaired) electrons. The quantitative estimate of drug-likeness (QED) is 0.667. The Balaban J connectivity index is 2.74. The van der Waals surface area contributed by atoms with Crippen molar-refractivity contribution in [3.63, 3.8) is 0 Å². The van der Waals surface area contributed by atoms with Crippen LogP contribution in [0.3, 0.4) is 0 Å². The van der Waals surface area contributed by atoms with E-state index in [1.54, 1.807) is 6.08 Å². The van der Waals surface area contributed by atoms with Gasteiger partial charge in [-0.25, -0.2) is 0 Å². The first-order valence-electron chi connectivity index (χ1n) is 4.99. The lowest BCUT2D eigenvalue weighted by Crippen LogP contribution is -2.08. The summed E-state index contributed by atoms with van der Waals surface area (Å²) in [5.74, 6) is 0. The molecule has 1 aromatic rings. The molecule has 0 aromatic heterocycles. The molecule has 0 unspecified atom stereocenters. The van der Waals surface area contributed by atoms with E-state index in [1.165, 1.54) is 11.3 Å². The summed E-state index contributed by atoms with van der Waals surface area (Å²) >= 11 is 0. The first-order valence-corrected chi connectivity index (χ1v) is 4.99. The number of benzene rings is 1. The molecule has 78 valence electrons. The fourth-order valence-electron chi connectivity index (χ4n) is 1.31. The van der Waals surface area contributed by atoms with Crippen LogP contribution in [0.25, 0.3) is 0 Å². The summed E-state index contributed by atoms with van der Waals surface area (Å²) in [7, 11) is 2.04. The zero-order valence-corrected chi connectivity index (χ0v) is 9.35. The van der Waals surface area contributed by atoms with E-state index in [2.05, 4.69) is 36.7 Å². The fraction of sp³-hybridized carbons (Fsp3) is 0.143. The van der Waals surface area contributed by atoms with Gasteiger partial charge in [-0.05, 0) is 24.6 Å². The van der Waals surface area contributed by atoms with Crippen LogP contribution < -0.4 is 4.90 Å². The molecule has 1 heteroatoms. The molecule has 0 aliphatic heterocycles. The van der Waals surface area contributed by atoms with Crippen LogP contribution in [0.4, 0.5) is 5.69 Å². The molecule has 0 bridgehead atoms. The summed E-state index contributed by atoms with van der Waals surface area (Å²) in [5.41, 5.74) is 2.38. The number of allylic oxidation sites excluding steroid dienone is 4. The average Bonchev–Trinajstić information content (AvgIpc) is 2.27. The van der Waals surface area contributed by atoms with Crippen molar-refractivity contribution in [1.82, 2.24) is 0 Å². The highest BCUT2D eigenvalue weighted by Gasteiger charge is 1.94. The van der Waals surface area contributed by atoms with Crippen molar-refractivity contribution in [3.05, 3.63) is 66.9 Å². The third-order valence-electron chi connectivity index (χ3n) is 2.06. The molecule has 0 N–H and O–H groups in total. The maximum atomic E-state index is 3.64. The van der Waals surface area contributed by atoms with Crippen LogP contribution in [0.5, 0.6) is 0 Å².